The molecule has 1 amide bonds. The largest absolute Gasteiger partial charge is 0.483 e. The molecule has 3 aromatic rings. The second-order valence-corrected chi connectivity index (χ2v) is 8.38. The third kappa shape index (κ3) is 7.11. The van der Waals surface area contributed by atoms with E-state index in [1.807, 2.05) is 4.90 Å². The molecule has 7 nitrogen and oxygen atoms in total. The average Bonchev–Trinajstić information content (AvgIpc) is 3.34. The van der Waals surface area contributed by atoms with E-state index in [1.54, 1.807) is 25.1 Å². The average molecular weight is 536 g/mol. The number of halogens is 2. The van der Waals surface area contributed by atoms with Crippen LogP contribution in [0.5, 0.6) is 5.75 Å². The van der Waals surface area contributed by atoms with Crippen LogP contribution < -0.4 is 10.4 Å². The number of likely N-dealkylation sites (tertiary alicyclic amines) is 1. The molecular weight excluding hydrogens is 509 g/mol. The Balaban J connectivity index is 0.000000850. The van der Waals surface area contributed by atoms with Gasteiger partial charge in [0.25, 0.3) is 12.4 Å². The Bertz CT molecular complexity index is 1270. The number of carbonyl (C=O) groups is 2. The Morgan fingerprint density at radius 1 is 1.31 bits per heavy atom. The van der Waals surface area contributed by atoms with Gasteiger partial charge in [0.1, 0.15) is 17.1 Å². The van der Waals surface area contributed by atoms with E-state index in [2.05, 4.69) is 25.0 Å². The zero-order valence-corrected chi connectivity index (χ0v) is 21.5. The first-order chi connectivity index (χ1) is 17.3. The number of hydrogen-bond acceptors (Lipinski definition) is 6. The molecular formula is C26H27ClFNO6S. The highest BCUT2D eigenvalue weighted by atomic mass is 35.5. The van der Waals surface area contributed by atoms with Gasteiger partial charge in [-0.3, -0.25) is 9.59 Å². The van der Waals surface area contributed by atoms with Gasteiger partial charge in [-0.25, -0.2) is 9.18 Å². The van der Waals surface area contributed by atoms with Crippen molar-refractivity contribution >= 4 is 53.0 Å². The molecule has 0 bridgehead atoms. The van der Waals surface area contributed by atoms with Crippen molar-refractivity contribution in [3.63, 3.8) is 0 Å². The van der Waals surface area contributed by atoms with Gasteiger partial charge in [0, 0.05) is 41.7 Å². The molecule has 2 aromatic carbocycles. The Kier molecular flexibility index (Phi) is 11.0. The molecule has 1 saturated heterocycles. The van der Waals surface area contributed by atoms with Gasteiger partial charge in [-0.05, 0) is 55.5 Å². The second kappa shape index (κ2) is 13.7. The van der Waals surface area contributed by atoms with E-state index in [1.165, 1.54) is 24.3 Å². The first-order valence-corrected chi connectivity index (χ1v) is 12.1. The molecule has 0 aliphatic carbocycles. The van der Waals surface area contributed by atoms with Crippen LogP contribution in [-0.4, -0.2) is 47.4 Å². The normalized spacial score (nSPS) is 15.2. The lowest BCUT2D eigenvalue weighted by Crippen LogP contribution is -2.39. The van der Waals surface area contributed by atoms with Crippen LogP contribution in [0.15, 0.2) is 51.7 Å². The fraction of sp³-hybridized carbons (Fsp3) is 0.308. The molecule has 2 heterocycles. The Morgan fingerprint density at radius 3 is 2.61 bits per heavy atom. The van der Waals surface area contributed by atoms with Crippen molar-refractivity contribution < 1.29 is 28.2 Å². The number of hydrogen-bond donors (Lipinski definition) is 1. The summed E-state index contributed by atoms with van der Waals surface area (Å²) in [7, 11) is 0. The van der Waals surface area contributed by atoms with E-state index in [0.717, 1.165) is 25.9 Å². The molecule has 192 valence electrons. The lowest BCUT2D eigenvalue weighted by Gasteiger charge is -2.22. The molecule has 1 aliphatic rings. The Labute approximate surface area is 218 Å². The van der Waals surface area contributed by atoms with Gasteiger partial charge in [-0.2, -0.15) is 0 Å². The molecule has 2 atom stereocenters. The highest BCUT2D eigenvalue weighted by Crippen LogP contribution is 2.34. The van der Waals surface area contributed by atoms with Crippen LogP contribution in [0.4, 0.5) is 4.39 Å². The predicted octanol–water partition coefficient (Wildman–Crippen LogP) is 5.60. The van der Waals surface area contributed by atoms with Crippen LogP contribution in [0, 0.1) is 11.7 Å². The van der Waals surface area contributed by atoms with Crippen LogP contribution >= 0.6 is 23.8 Å². The monoisotopic (exact) mass is 535 g/mol. The van der Waals surface area contributed by atoms with Crippen molar-refractivity contribution in [1.82, 2.24) is 4.90 Å². The summed E-state index contributed by atoms with van der Waals surface area (Å²) in [6.07, 6.45) is 1.42. The van der Waals surface area contributed by atoms with E-state index in [4.69, 9.17) is 30.7 Å². The van der Waals surface area contributed by atoms with Crippen molar-refractivity contribution in [1.29, 1.82) is 0 Å². The number of carbonyl (C=O) groups excluding carboxylic acids is 1. The molecule has 1 N–H and O–H groups in total. The van der Waals surface area contributed by atoms with Crippen molar-refractivity contribution in [2.45, 2.75) is 32.8 Å². The topological polar surface area (TPSA) is 97.0 Å². The number of nitrogens with zero attached hydrogens (tertiary/aromatic N) is 1. The van der Waals surface area contributed by atoms with Gasteiger partial charge in [-0.15, -0.1) is 0 Å². The first kappa shape index (κ1) is 28.9. The maximum absolute atomic E-state index is 13.4. The summed E-state index contributed by atoms with van der Waals surface area (Å²) in [6.45, 7) is 5.11. The number of amides is 1. The molecule has 10 heteroatoms. The molecule has 0 radical (unpaired) electrons. The fourth-order valence-corrected chi connectivity index (χ4v) is 4.29. The summed E-state index contributed by atoms with van der Waals surface area (Å²) in [5.74, 6) is 3.29. The maximum atomic E-state index is 13.4. The summed E-state index contributed by atoms with van der Waals surface area (Å²) < 4.78 is 24.6. The van der Waals surface area contributed by atoms with E-state index in [0.29, 0.717) is 33.8 Å². The zero-order chi connectivity index (χ0) is 26.8. The van der Waals surface area contributed by atoms with Crippen LogP contribution in [0.2, 0.25) is 5.02 Å². The smallest absolute Gasteiger partial charge is 0.336 e. The lowest BCUT2D eigenvalue weighted by molar-refractivity contribution is -0.137. The maximum Gasteiger partial charge on any atom is 0.336 e. The predicted molar refractivity (Wildman–Crippen MR) is 141 cm³/mol. The van der Waals surface area contributed by atoms with Crippen molar-refractivity contribution in [2.24, 2.45) is 5.92 Å². The highest BCUT2D eigenvalue weighted by molar-refractivity contribution is 7.77. The van der Waals surface area contributed by atoms with E-state index < -0.39 is 17.5 Å². The van der Waals surface area contributed by atoms with Gasteiger partial charge in [0.05, 0.1) is 5.02 Å². The van der Waals surface area contributed by atoms with Gasteiger partial charge >= 0.3 is 5.63 Å². The Morgan fingerprint density at radius 2 is 2.00 bits per heavy atom. The summed E-state index contributed by atoms with van der Waals surface area (Å²) in [5, 5.41) is 7.72. The van der Waals surface area contributed by atoms with E-state index in [-0.39, 0.29) is 17.4 Å². The molecule has 2 unspecified atom stereocenters. The lowest BCUT2D eigenvalue weighted by atomic mass is 10.0. The van der Waals surface area contributed by atoms with E-state index in [9.17, 15) is 14.0 Å². The molecule has 1 aromatic heterocycles. The number of carboxylic acid groups (broad SMARTS) is 1. The van der Waals surface area contributed by atoms with Crippen molar-refractivity contribution in [3.05, 3.63) is 63.7 Å². The molecule has 4 rings (SSSR count). The van der Waals surface area contributed by atoms with Crippen molar-refractivity contribution in [3.8, 4) is 16.9 Å². The van der Waals surface area contributed by atoms with Gasteiger partial charge in [-0.1, -0.05) is 37.2 Å². The SMILES string of the molecule is C=S.CCC1CCN(C(=O)C(C)Oc2ccc3c(-c4ccc(F)cc4Cl)cc(=O)oc3c2)C1.O=CO. The van der Waals surface area contributed by atoms with Gasteiger partial charge in [0.15, 0.2) is 6.10 Å². The van der Waals surface area contributed by atoms with Gasteiger partial charge < -0.3 is 19.2 Å². The molecule has 1 fully saturated rings. The van der Waals surface area contributed by atoms with Crippen LogP contribution in [-0.2, 0) is 9.59 Å². The second-order valence-electron chi connectivity index (χ2n) is 7.97. The van der Waals surface area contributed by atoms with E-state index >= 15 is 0 Å². The number of fused-ring (bicyclic) bond motifs is 1. The summed E-state index contributed by atoms with van der Waals surface area (Å²) in [5.41, 5.74) is 0.798. The first-order valence-electron chi connectivity index (χ1n) is 11.1. The number of rotatable bonds is 5. The van der Waals surface area contributed by atoms with Gasteiger partial charge in [0.2, 0.25) is 0 Å². The van der Waals surface area contributed by atoms with Crippen LogP contribution in [0.3, 0.4) is 0 Å². The molecule has 0 saturated carbocycles. The number of benzene rings is 2. The minimum Gasteiger partial charge on any atom is -0.483 e. The zero-order valence-electron chi connectivity index (χ0n) is 19.9. The summed E-state index contributed by atoms with van der Waals surface area (Å²) in [4.78, 5) is 35.1. The standard InChI is InChI=1S/C24H23ClFNO4.CH2O2.CH2S/c1-3-15-8-9-27(13-15)24(29)14(2)30-17-5-7-19-20(12-23(28)31-22(19)11-17)18-6-4-16(26)10-21(18)25;2-1-3;1-2/h4-7,10-12,14-15H,3,8-9,13H2,1-2H3;1H,(H,2,3);1H2. The minimum atomic E-state index is -0.658. The van der Waals surface area contributed by atoms with Crippen LogP contribution in [0.25, 0.3) is 22.1 Å². The minimum absolute atomic E-state index is 0.0515. The third-order valence-corrected chi connectivity index (χ3v) is 6.09. The Hall–Kier alpha value is -3.30. The van der Waals surface area contributed by atoms with Crippen LogP contribution in [0.1, 0.15) is 26.7 Å². The fourth-order valence-electron chi connectivity index (χ4n) is 4.02. The number of ether oxygens (including phenoxy) is 1. The molecule has 0 spiro atoms. The third-order valence-electron chi connectivity index (χ3n) is 5.77. The molecule has 1 aliphatic heterocycles. The quantitative estimate of drug-likeness (QED) is 0.258. The highest BCUT2D eigenvalue weighted by Gasteiger charge is 2.29. The number of thiocarbonyl (C=S) groups is 1. The summed E-state index contributed by atoms with van der Waals surface area (Å²) >= 11 is 10.0. The molecule has 36 heavy (non-hydrogen) atoms. The van der Waals surface area contributed by atoms with Crippen molar-refractivity contribution in [2.75, 3.05) is 13.1 Å². The summed E-state index contributed by atoms with van der Waals surface area (Å²) in [6, 6.07) is 10.4.